The molecule has 6 heteroatoms. The second-order valence-corrected chi connectivity index (χ2v) is 4.33. The molecule has 21 heavy (non-hydrogen) atoms. The molecule has 0 aliphatic rings. The summed E-state index contributed by atoms with van der Waals surface area (Å²) in [7, 11) is 0. The van der Waals surface area contributed by atoms with Crippen LogP contribution in [0.2, 0.25) is 0 Å². The lowest BCUT2D eigenvalue weighted by Gasteiger charge is -2.06. The Labute approximate surface area is 122 Å². The lowest BCUT2D eigenvalue weighted by Crippen LogP contribution is -2.37. The minimum atomic E-state index is -1.06. The van der Waals surface area contributed by atoms with Crippen molar-refractivity contribution in [1.29, 1.82) is 0 Å². The minimum absolute atomic E-state index is 0.0893. The average Bonchev–Trinajstić information content (AvgIpc) is 2.48. The number of benzene rings is 1. The van der Waals surface area contributed by atoms with Crippen molar-refractivity contribution in [2.75, 3.05) is 13.1 Å². The van der Waals surface area contributed by atoms with Gasteiger partial charge in [-0.05, 0) is 30.2 Å². The fourth-order valence-electron chi connectivity index (χ4n) is 1.54. The van der Waals surface area contributed by atoms with Crippen LogP contribution in [0.5, 0.6) is 0 Å². The van der Waals surface area contributed by atoms with E-state index in [9.17, 15) is 14.4 Å². The molecule has 1 aromatic rings. The van der Waals surface area contributed by atoms with Gasteiger partial charge in [0.25, 0.3) is 5.91 Å². The van der Waals surface area contributed by atoms with Gasteiger partial charge in [0.05, 0.1) is 6.54 Å². The topological polar surface area (TPSA) is 95.5 Å². The van der Waals surface area contributed by atoms with E-state index in [1.807, 2.05) is 6.92 Å². The zero-order chi connectivity index (χ0) is 15.7. The SMILES string of the molecule is CCCNC(=O)CNC(=O)c1cccc(C=CC(=O)O)c1. The third kappa shape index (κ3) is 6.38. The largest absolute Gasteiger partial charge is 0.478 e. The molecule has 3 N–H and O–H groups in total. The van der Waals surface area contributed by atoms with Gasteiger partial charge in [0.1, 0.15) is 0 Å². The van der Waals surface area contributed by atoms with Gasteiger partial charge in [0.15, 0.2) is 0 Å². The molecule has 0 saturated carbocycles. The summed E-state index contributed by atoms with van der Waals surface area (Å²) in [5, 5.41) is 13.7. The number of hydrogen-bond donors (Lipinski definition) is 3. The second-order valence-electron chi connectivity index (χ2n) is 4.33. The number of carboxylic acids is 1. The molecule has 0 radical (unpaired) electrons. The highest BCUT2D eigenvalue weighted by Gasteiger charge is 2.07. The van der Waals surface area contributed by atoms with Gasteiger partial charge in [-0.15, -0.1) is 0 Å². The van der Waals surface area contributed by atoms with Crippen LogP contribution in [0.3, 0.4) is 0 Å². The predicted octanol–water partition coefficient (Wildman–Crippen LogP) is 1.04. The molecule has 1 rings (SSSR count). The van der Waals surface area contributed by atoms with Crippen LogP contribution in [0.25, 0.3) is 6.08 Å². The summed E-state index contributed by atoms with van der Waals surface area (Å²) in [5.41, 5.74) is 0.964. The molecule has 0 aliphatic carbocycles. The maximum absolute atomic E-state index is 11.9. The summed E-state index contributed by atoms with van der Waals surface area (Å²) in [6, 6.07) is 6.48. The molecule has 1 aromatic carbocycles. The van der Waals surface area contributed by atoms with Crippen molar-refractivity contribution in [2.24, 2.45) is 0 Å². The summed E-state index contributed by atoms with van der Waals surface area (Å²) >= 11 is 0. The van der Waals surface area contributed by atoms with E-state index in [4.69, 9.17) is 5.11 Å². The first kappa shape index (κ1) is 16.4. The second kappa shape index (κ2) is 8.52. The Morgan fingerprint density at radius 2 is 2.00 bits per heavy atom. The van der Waals surface area contributed by atoms with Crippen LogP contribution < -0.4 is 10.6 Å². The summed E-state index contributed by atoms with van der Waals surface area (Å²) in [6.45, 7) is 2.42. The molecule has 112 valence electrons. The molecule has 0 bridgehead atoms. The predicted molar refractivity (Wildman–Crippen MR) is 78.7 cm³/mol. The van der Waals surface area contributed by atoms with Crippen molar-refractivity contribution in [3.63, 3.8) is 0 Å². The highest BCUT2D eigenvalue weighted by molar-refractivity contribution is 5.97. The summed E-state index contributed by atoms with van der Waals surface area (Å²) in [6.07, 6.45) is 3.22. The number of nitrogens with one attached hydrogen (secondary N) is 2. The first-order valence-electron chi connectivity index (χ1n) is 6.59. The number of carboxylic acid groups (broad SMARTS) is 1. The quantitative estimate of drug-likeness (QED) is 0.654. The van der Waals surface area contributed by atoms with E-state index < -0.39 is 5.97 Å². The highest BCUT2D eigenvalue weighted by atomic mass is 16.4. The first-order valence-corrected chi connectivity index (χ1v) is 6.59. The number of aliphatic carboxylic acids is 1. The molecule has 0 saturated heterocycles. The molecule has 0 spiro atoms. The maximum atomic E-state index is 11.9. The fraction of sp³-hybridized carbons (Fsp3) is 0.267. The normalized spacial score (nSPS) is 10.3. The van der Waals surface area contributed by atoms with E-state index in [1.165, 1.54) is 6.08 Å². The summed E-state index contributed by atoms with van der Waals surface area (Å²) in [4.78, 5) is 33.7. The van der Waals surface area contributed by atoms with E-state index in [0.717, 1.165) is 12.5 Å². The highest BCUT2D eigenvalue weighted by Crippen LogP contribution is 2.07. The lowest BCUT2D eigenvalue weighted by molar-refractivity contribution is -0.131. The van der Waals surface area contributed by atoms with Gasteiger partial charge in [0, 0.05) is 18.2 Å². The van der Waals surface area contributed by atoms with E-state index >= 15 is 0 Å². The minimum Gasteiger partial charge on any atom is -0.478 e. The molecule has 0 heterocycles. The standard InChI is InChI=1S/C15H18N2O4/c1-2-8-16-13(18)10-17-15(21)12-5-3-4-11(9-12)6-7-14(19)20/h3-7,9H,2,8,10H2,1H3,(H,16,18)(H,17,21)(H,19,20). The molecule has 6 nitrogen and oxygen atoms in total. The molecule has 0 atom stereocenters. The monoisotopic (exact) mass is 290 g/mol. The van der Waals surface area contributed by atoms with Gasteiger partial charge in [-0.25, -0.2) is 4.79 Å². The Hall–Kier alpha value is -2.63. The van der Waals surface area contributed by atoms with Gasteiger partial charge >= 0.3 is 5.97 Å². The zero-order valence-electron chi connectivity index (χ0n) is 11.8. The maximum Gasteiger partial charge on any atom is 0.328 e. The van der Waals surface area contributed by atoms with Crippen LogP contribution >= 0.6 is 0 Å². The van der Waals surface area contributed by atoms with Gasteiger partial charge in [0.2, 0.25) is 5.91 Å². The molecule has 2 amide bonds. The zero-order valence-corrected chi connectivity index (χ0v) is 11.8. The Morgan fingerprint density at radius 3 is 2.67 bits per heavy atom. The van der Waals surface area contributed by atoms with E-state index in [0.29, 0.717) is 17.7 Å². The van der Waals surface area contributed by atoms with E-state index in [2.05, 4.69) is 10.6 Å². The Morgan fingerprint density at radius 1 is 1.24 bits per heavy atom. The van der Waals surface area contributed by atoms with Crippen LogP contribution in [0.15, 0.2) is 30.3 Å². The van der Waals surface area contributed by atoms with Crippen LogP contribution in [0, 0.1) is 0 Å². The molecular formula is C15H18N2O4. The third-order valence-electron chi connectivity index (χ3n) is 2.55. The summed E-state index contributed by atoms with van der Waals surface area (Å²) in [5.74, 6) is -1.68. The van der Waals surface area contributed by atoms with Crippen LogP contribution in [0.1, 0.15) is 29.3 Å². The summed E-state index contributed by atoms with van der Waals surface area (Å²) < 4.78 is 0. The number of carbonyl (C=O) groups is 3. The van der Waals surface area contributed by atoms with E-state index in [-0.39, 0.29) is 18.4 Å². The van der Waals surface area contributed by atoms with Crippen molar-refractivity contribution in [3.05, 3.63) is 41.5 Å². The van der Waals surface area contributed by atoms with Crippen molar-refractivity contribution in [3.8, 4) is 0 Å². The van der Waals surface area contributed by atoms with Crippen LogP contribution in [0.4, 0.5) is 0 Å². The van der Waals surface area contributed by atoms with Crippen molar-refractivity contribution in [2.45, 2.75) is 13.3 Å². The van der Waals surface area contributed by atoms with E-state index in [1.54, 1.807) is 24.3 Å². The molecule has 0 fully saturated rings. The average molecular weight is 290 g/mol. The fourth-order valence-corrected chi connectivity index (χ4v) is 1.54. The van der Waals surface area contributed by atoms with Gasteiger partial charge in [-0.1, -0.05) is 19.1 Å². The Kier molecular flexibility index (Phi) is 6.67. The molecular weight excluding hydrogens is 272 g/mol. The van der Waals surface area contributed by atoms with Crippen LogP contribution in [-0.2, 0) is 9.59 Å². The Bertz CT molecular complexity index is 552. The van der Waals surface area contributed by atoms with Crippen molar-refractivity contribution >= 4 is 23.9 Å². The van der Waals surface area contributed by atoms with Crippen LogP contribution in [-0.4, -0.2) is 36.0 Å². The van der Waals surface area contributed by atoms with Crippen molar-refractivity contribution in [1.82, 2.24) is 10.6 Å². The number of amides is 2. The lowest BCUT2D eigenvalue weighted by atomic mass is 10.1. The molecule has 0 aromatic heterocycles. The molecule has 0 unspecified atom stereocenters. The van der Waals surface area contributed by atoms with Gasteiger partial charge < -0.3 is 15.7 Å². The number of carbonyl (C=O) groups excluding carboxylic acids is 2. The smallest absolute Gasteiger partial charge is 0.328 e. The van der Waals surface area contributed by atoms with Gasteiger partial charge in [-0.3, -0.25) is 9.59 Å². The third-order valence-corrected chi connectivity index (χ3v) is 2.55. The molecule has 0 aliphatic heterocycles. The Balaban J connectivity index is 2.60. The first-order chi connectivity index (χ1) is 10.0. The number of rotatable bonds is 7. The van der Waals surface area contributed by atoms with Crippen molar-refractivity contribution < 1.29 is 19.5 Å². The number of hydrogen-bond acceptors (Lipinski definition) is 3. The van der Waals surface area contributed by atoms with Gasteiger partial charge in [-0.2, -0.15) is 0 Å².